The van der Waals surface area contributed by atoms with E-state index in [-0.39, 0.29) is 10.7 Å². The Labute approximate surface area is 104 Å². The number of aliphatic hydroxyl groups is 1. The van der Waals surface area contributed by atoms with E-state index in [1.54, 1.807) is 0 Å². The molecule has 0 heterocycles. The van der Waals surface area contributed by atoms with E-state index < -0.39 is 29.4 Å². The van der Waals surface area contributed by atoms with Crippen LogP contribution in [0.25, 0.3) is 0 Å². The van der Waals surface area contributed by atoms with Crippen LogP contribution in [-0.4, -0.2) is 28.9 Å². The number of nitrogens with one attached hydrogen (secondary N) is 1. The first-order valence-corrected chi connectivity index (χ1v) is 5.03. The van der Waals surface area contributed by atoms with Gasteiger partial charge in [0.15, 0.2) is 6.10 Å². The van der Waals surface area contributed by atoms with Gasteiger partial charge < -0.3 is 10.4 Å². The molecule has 0 fully saturated rings. The highest BCUT2D eigenvalue weighted by atomic mass is 35.5. The van der Waals surface area contributed by atoms with E-state index in [0.717, 1.165) is 0 Å². The third-order valence-electron chi connectivity index (χ3n) is 2.03. The number of para-hydroxylation sites is 1. The molecule has 0 aromatic heterocycles. The molecule has 1 aromatic rings. The molecule has 18 heavy (non-hydrogen) atoms. The first kappa shape index (κ1) is 14.5. The van der Waals surface area contributed by atoms with E-state index in [2.05, 4.69) is 5.32 Å². The van der Waals surface area contributed by atoms with Gasteiger partial charge in [0.25, 0.3) is 0 Å². The zero-order chi connectivity index (χ0) is 13.9. The molecule has 0 radical (unpaired) electrons. The van der Waals surface area contributed by atoms with Crippen LogP contribution in [0.4, 0.5) is 24.5 Å². The highest BCUT2D eigenvalue weighted by Crippen LogP contribution is 2.32. The second kappa shape index (κ2) is 5.40. The molecule has 0 aliphatic heterocycles. The van der Waals surface area contributed by atoms with Crippen molar-refractivity contribution in [3.8, 4) is 0 Å². The maximum absolute atomic E-state index is 12.0. The van der Waals surface area contributed by atoms with E-state index in [9.17, 15) is 23.3 Å². The summed E-state index contributed by atoms with van der Waals surface area (Å²) in [5, 5.41) is 21.4. The summed E-state index contributed by atoms with van der Waals surface area (Å²) in [6, 6.07) is 3.79. The van der Waals surface area contributed by atoms with Gasteiger partial charge in [-0.3, -0.25) is 10.1 Å². The lowest BCUT2D eigenvalue weighted by Gasteiger charge is -2.15. The molecule has 0 aliphatic rings. The Balaban J connectivity index is 2.86. The average molecular weight is 285 g/mol. The second-order valence-corrected chi connectivity index (χ2v) is 3.74. The lowest BCUT2D eigenvalue weighted by Crippen LogP contribution is -2.35. The number of nitrogens with zero attached hydrogens (tertiary/aromatic N) is 1. The average Bonchev–Trinajstić information content (AvgIpc) is 2.23. The van der Waals surface area contributed by atoms with Gasteiger partial charge in [0.2, 0.25) is 0 Å². The van der Waals surface area contributed by atoms with Gasteiger partial charge in [-0.2, -0.15) is 13.2 Å². The van der Waals surface area contributed by atoms with Crippen molar-refractivity contribution < 1.29 is 23.2 Å². The number of aliphatic hydroxyl groups excluding tert-OH is 1. The monoisotopic (exact) mass is 284 g/mol. The molecular weight excluding hydrogens is 277 g/mol. The SMILES string of the molecule is O=[N+]([O-])c1c(Cl)cccc1NCC(O)C(F)(F)F. The van der Waals surface area contributed by atoms with Crippen molar-refractivity contribution in [2.75, 3.05) is 11.9 Å². The molecule has 5 nitrogen and oxygen atoms in total. The van der Waals surface area contributed by atoms with Gasteiger partial charge in [-0.1, -0.05) is 17.7 Å². The fraction of sp³-hybridized carbons (Fsp3) is 0.333. The van der Waals surface area contributed by atoms with E-state index >= 15 is 0 Å². The van der Waals surface area contributed by atoms with Gasteiger partial charge in [0.1, 0.15) is 10.7 Å². The lowest BCUT2D eigenvalue weighted by molar-refractivity contribution is -0.383. The molecule has 1 aromatic carbocycles. The highest BCUT2D eigenvalue weighted by molar-refractivity contribution is 6.33. The van der Waals surface area contributed by atoms with E-state index in [1.807, 2.05) is 0 Å². The van der Waals surface area contributed by atoms with Crippen molar-refractivity contribution in [3.63, 3.8) is 0 Å². The van der Waals surface area contributed by atoms with Gasteiger partial charge in [0, 0.05) is 6.54 Å². The first-order valence-electron chi connectivity index (χ1n) is 4.65. The first-order chi connectivity index (χ1) is 8.23. The number of nitro benzene ring substituents is 1. The molecule has 1 rings (SSSR count). The van der Waals surface area contributed by atoms with Crippen LogP contribution in [0.5, 0.6) is 0 Å². The van der Waals surface area contributed by atoms with Crippen molar-refractivity contribution >= 4 is 23.0 Å². The Kier molecular flexibility index (Phi) is 4.36. The number of alkyl halides is 3. The van der Waals surface area contributed by atoms with Crippen LogP contribution in [0.2, 0.25) is 5.02 Å². The standard InChI is InChI=1S/C9H8ClF3N2O3/c10-5-2-1-3-6(8(5)15(17)18)14-4-7(16)9(11,12)13/h1-3,7,14,16H,4H2. The Bertz CT molecular complexity index is 453. The van der Waals surface area contributed by atoms with Crippen molar-refractivity contribution in [1.82, 2.24) is 0 Å². The zero-order valence-electron chi connectivity index (χ0n) is 8.74. The van der Waals surface area contributed by atoms with Crippen molar-refractivity contribution in [2.45, 2.75) is 12.3 Å². The third-order valence-corrected chi connectivity index (χ3v) is 2.34. The minimum Gasteiger partial charge on any atom is -0.382 e. The Hall–Kier alpha value is -1.54. The summed E-state index contributed by atoms with van der Waals surface area (Å²) in [5.41, 5.74) is -0.718. The summed E-state index contributed by atoms with van der Waals surface area (Å²) in [4.78, 5) is 9.87. The minimum absolute atomic E-state index is 0.184. The van der Waals surface area contributed by atoms with Crippen LogP contribution in [0.3, 0.4) is 0 Å². The topological polar surface area (TPSA) is 75.4 Å². The summed E-state index contributed by atoms with van der Waals surface area (Å²) < 4.78 is 36.1. The summed E-state index contributed by atoms with van der Waals surface area (Å²) >= 11 is 5.56. The third kappa shape index (κ3) is 3.47. The van der Waals surface area contributed by atoms with Gasteiger partial charge in [-0.15, -0.1) is 0 Å². The predicted molar refractivity (Wildman–Crippen MR) is 58.7 cm³/mol. The smallest absolute Gasteiger partial charge is 0.382 e. The molecule has 0 spiro atoms. The molecule has 1 atom stereocenters. The molecule has 100 valence electrons. The molecule has 0 amide bonds. The predicted octanol–water partition coefficient (Wildman–Crippen LogP) is 2.58. The van der Waals surface area contributed by atoms with Crippen LogP contribution in [-0.2, 0) is 0 Å². The number of halogens is 4. The van der Waals surface area contributed by atoms with Crippen LogP contribution >= 0.6 is 11.6 Å². The lowest BCUT2D eigenvalue weighted by atomic mass is 10.2. The van der Waals surface area contributed by atoms with Gasteiger partial charge in [0.05, 0.1) is 4.92 Å². The maximum atomic E-state index is 12.0. The largest absolute Gasteiger partial charge is 0.416 e. The number of rotatable bonds is 4. The van der Waals surface area contributed by atoms with E-state index in [1.165, 1.54) is 18.2 Å². The molecular formula is C9H8ClF3N2O3. The fourth-order valence-electron chi connectivity index (χ4n) is 1.17. The molecule has 1 unspecified atom stereocenters. The summed E-state index contributed by atoms with van der Waals surface area (Å²) in [6.07, 6.45) is -7.41. The maximum Gasteiger partial charge on any atom is 0.416 e. The quantitative estimate of drug-likeness (QED) is 0.658. The fourth-order valence-corrected chi connectivity index (χ4v) is 1.41. The Morgan fingerprint density at radius 3 is 2.61 bits per heavy atom. The minimum atomic E-state index is -4.79. The Morgan fingerprint density at radius 1 is 1.50 bits per heavy atom. The molecule has 0 bridgehead atoms. The van der Waals surface area contributed by atoms with E-state index in [0.29, 0.717) is 0 Å². The molecule has 9 heteroatoms. The summed E-state index contributed by atoms with van der Waals surface area (Å²) in [7, 11) is 0. The van der Waals surface area contributed by atoms with Crippen molar-refractivity contribution in [2.24, 2.45) is 0 Å². The van der Waals surface area contributed by atoms with Crippen LogP contribution < -0.4 is 5.32 Å². The summed E-state index contributed by atoms with van der Waals surface area (Å²) in [5.74, 6) is 0. The van der Waals surface area contributed by atoms with Crippen LogP contribution in [0, 0.1) is 10.1 Å². The normalized spacial score (nSPS) is 13.2. The number of benzene rings is 1. The summed E-state index contributed by atoms with van der Waals surface area (Å²) in [6.45, 7) is -0.898. The van der Waals surface area contributed by atoms with Crippen LogP contribution in [0.1, 0.15) is 0 Å². The molecule has 0 saturated heterocycles. The van der Waals surface area contributed by atoms with Gasteiger partial charge in [-0.25, -0.2) is 0 Å². The van der Waals surface area contributed by atoms with E-state index in [4.69, 9.17) is 16.7 Å². The number of anilines is 1. The number of hydrogen-bond acceptors (Lipinski definition) is 4. The molecule has 0 saturated carbocycles. The number of hydrogen-bond donors (Lipinski definition) is 2. The van der Waals surface area contributed by atoms with Crippen molar-refractivity contribution in [1.29, 1.82) is 0 Å². The number of nitro groups is 1. The Morgan fingerprint density at radius 2 is 2.11 bits per heavy atom. The molecule has 0 aliphatic carbocycles. The second-order valence-electron chi connectivity index (χ2n) is 3.33. The highest BCUT2D eigenvalue weighted by Gasteiger charge is 2.38. The van der Waals surface area contributed by atoms with Crippen LogP contribution in [0.15, 0.2) is 18.2 Å². The zero-order valence-corrected chi connectivity index (χ0v) is 9.50. The van der Waals surface area contributed by atoms with Gasteiger partial charge in [-0.05, 0) is 12.1 Å². The molecule has 2 N–H and O–H groups in total. The van der Waals surface area contributed by atoms with Crippen molar-refractivity contribution in [3.05, 3.63) is 33.3 Å². The van der Waals surface area contributed by atoms with Gasteiger partial charge >= 0.3 is 11.9 Å².